The number of nitrogens with one attached hydrogen (secondary N) is 1. The van der Waals surface area contributed by atoms with Crippen molar-refractivity contribution in [3.8, 4) is 0 Å². The highest BCUT2D eigenvalue weighted by Gasteiger charge is 1.94. The first-order chi connectivity index (χ1) is 8.84. The zero-order chi connectivity index (χ0) is 12.6. The lowest BCUT2D eigenvalue weighted by Crippen LogP contribution is -2.06. The highest BCUT2D eigenvalue weighted by atomic mass is 79.9. The minimum absolute atomic E-state index is 0.314. The summed E-state index contributed by atoms with van der Waals surface area (Å²) in [6.07, 6.45) is 0. The van der Waals surface area contributed by atoms with E-state index in [1.807, 2.05) is 54.6 Å². The highest BCUT2D eigenvalue weighted by molar-refractivity contribution is 9.10. The van der Waals surface area contributed by atoms with Gasteiger partial charge in [-0.1, -0.05) is 46.3 Å². The second-order valence-corrected chi connectivity index (χ2v) is 4.61. The molecule has 94 valence electrons. The van der Waals surface area contributed by atoms with Crippen molar-refractivity contribution in [1.82, 2.24) is 0 Å². The molecule has 0 saturated heterocycles. The van der Waals surface area contributed by atoms with Gasteiger partial charge in [0.15, 0.2) is 6.73 Å². The van der Waals surface area contributed by atoms with E-state index in [4.69, 9.17) is 9.78 Å². The Labute approximate surface area is 115 Å². The quantitative estimate of drug-likeness (QED) is 0.379. The molecular weight excluding hydrogens is 294 g/mol. The molecule has 0 unspecified atom stereocenters. The van der Waals surface area contributed by atoms with Gasteiger partial charge in [0.25, 0.3) is 0 Å². The number of halogens is 1. The average molecular weight is 308 g/mol. The Morgan fingerprint density at radius 3 is 2.33 bits per heavy atom. The molecule has 0 aliphatic rings. The fraction of sp³-hybridized carbons (Fsp3) is 0.143. The maximum atomic E-state index is 5.09. The zero-order valence-electron chi connectivity index (χ0n) is 9.80. The van der Waals surface area contributed by atoms with E-state index < -0.39 is 0 Å². The Morgan fingerprint density at radius 1 is 0.889 bits per heavy atom. The predicted octanol–water partition coefficient (Wildman–Crippen LogP) is 3.97. The fourth-order valence-corrected chi connectivity index (χ4v) is 1.67. The van der Waals surface area contributed by atoms with Gasteiger partial charge in [-0.15, -0.1) is 0 Å². The molecule has 18 heavy (non-hydrogen) atoms. The smallest absolute Gasteiger partial charge is 0.152 e. The van der Waals surface area contributed by atoms with Gasteiger partial charge in [0.2, 0.25) is 0 Å². The Bertz CT molecular complexity index is 459. The summed E-state index contributed by atoms with van der Waals surface area (Å²) in [5.74, 6) is 0. The van der Waals surface area contributed by atoms with Gasteiger partial charge in [0, 0.05) is 10.2 Å². The van der Waals surface area contributed by atoms with Crippen molar-refractivity contribution in [1.29, 1.82) is 0 Å². The van der Waals surface area contributed by atoms with Crippen LogP contribution in [-0.2, 0) is 16.4 Å². The van der Waals surface area contributed by atoms with Crippen molar-refractivity contribution in [2.24, 2.45) is 0 Å². The summed E-state index contributed by atoms with van der Waals surface area (Å²) < 4.78 is 1.05. The first kappa shape index (κ1) is 13.1. The molecule has 2 aromatic rings. The van der Waals surface area contributed by atoms with Crippen LogP contribution in [0.15, 0.2) is 59.1 Å². The third-order valence-electron chi connectivity index (χ3n) is 2.33. The molecule has 0 bridgehead atoms. The lowest BCUT2D eigenvalue weighted by molar-refractivity contribution is -0.299. The van der Waals surface area contributed by atoms with E-state index in [0.29, 0.717) is 13.3 Å². The van der Waals surface area contributed by atoms with Gasteiger partial charge in [-0.3, -0.25) is 0 Å². The molecule has 1 N–H and O–H groups in total. The molecule has 2 aromatic carbocycles. The van der Waals surface area contributed by atoms with E-state index in [1.165, 1.54) is 0 Å². The molecule has 0 aromatic heterocycles. The van der Waals surface area contributed by atoms with Crippen LogP contribution in [-0.4, -0.2) is 6.73 Å². The summed E-state index contributed by atoms with van der Waals surface area (Å²) in [5, 5.41) is 3.09. The monoisotopic (exact) mass is 307 g/mol. The first-order valence-corrected chi connectivity index (χ1v) is 6.42. The first-order valence-electron chi connectivity index (χ1n) is 5.62. The van der Waals surface area contributed by atoms with Gasteiger partial charge in [-0.05, 0) is 29.8 Å². The van der Waals surface area contributed by atoms with Crippen molar-refractivity contribution in [2.75, 3.05) is 12.0 Å². The minimum atomic E-state index is 0.314. The average Bonchev–Trinajstić information content (AvgIpc) is 2.42. The summed E-state index contributed by atoms with van der Waals surface area (Å²) in [6, 6.07) is 17.8. The number of rotatable bonds is 6. The van der Waals surface area contributed by atoms with Crippen molar-refractivity contribution < 1.29 is 9.78 Å². The lowest BCUT2D eigenvalue weighted by atomic mass is 10.2. The highest BCUT2D eigenvalue weighted by Crippen LogP contribution is 2.13. The molecule has 0 amide bonds. The van der Waals surface area contributed by atoms with E-state index in [1.54, 1.807) is 0 Å². The fourth-order valence-electron chi connectivity index (χ4n) is 1.41. The van der Waals surface area contributed by atoms with Gasteiger partial charge in [0.1, 0.15) is 6.61 Å². The molecule has 0 fully saturated rings. The predicted molar refractivity (Wildman–Crippen MR) is 74.9 cm³/mol. The van der Waals surface area contributed by atoms with Crippen LogP contribution in [0.1, 0.15) is 5.56 Å². The zero-order valence-corrected chi connectivity index (χ0v) is 11.4. The van der Waals surface area contributed by atoms with E-state index in [0.717, 1.165) is 15.7 Å². The Morgan fingerprint density at radius 2 is 1.61 bits per heavy atom. The third kappa shape index (κ3) is 4.49. The number of benzene rings is 2. The summed E-state index contributed by atoms with van der Waals surface area (Å²) in [5.41, 5.74) is 2.07. The van der Waals surface area contributed by atoms with E-state index in [2.05, 4.69) is 21.2 Å². The molecule has 0 aliphatic heterocycles. The minimum Gasteiger partial charge on any atom is -0.360 e. The molecule has 0 atom stereocenters. The molecule has 3 nitrogen and oxygen atoms in total. The standard InChI is InChI=1S/C14H14BrNO2/c15-13-6-8-14(9-7-13)16-11-18-17-10-12-4-2-1-3-5-12/h1-9,16H,10-11H2. The van der Waals surface area contributed by atoms with Crippen molar-refractivity contribution >= 4 is 21.6 Å². The van der Waals surface area contributed by atoms with Gasteiger partial charge in [0.05, 0.1) is 0 Å². The summed E-state index contributed by atoms with van der Waals surface area (Å²) >= 11 is 3.38. The van der Waals surface area contributed by atoms with Crippen LogP contribution in [0, 0.1) is 0 Å². The maximum Gasteiger partial charge on any atom is 0.152 e. The van der Waals surface area contributed by atoms with E-state index in [9.17, 15) is 0 Å². The van der Waals surface area contributed by atoms with Gasteiger partial charge >= 0.3 is 0 Å². The normalized spacial score (nSPS) is 10.3. The number of anilines is 1. The van der Waals surface area contributed by atoms with Crippen LogP contribution in [0.4, 0.5) is 5.69 Å². The molecule has 2 rings (SSSR count). The largest absolute Gasteiger partial charge is 0.360 e. The second kappa shape index (κ2) is 7.16. The summed E-state index contributed by atoms with van der Waals surface area (Å²) in [4.78, 5) is 10.1. The SMILES string of the molecule is Brc1ccc(NCOOCc2ccccc2)cc1. The molecule has 4 heteroatoms. The van der Waals surface area contributed by atoms with Crippen LogP contribution in [0.2, 0.25) is 0 Å². The molecule has 0 radical (unpaired) electrons. The molecular formula is C14H14BrNO2. The van der Waals surface area contributed by atoms with Crippen LogP contribution in [0.25, 0.3) is 0 Å². The third-order valence-corrected chi connectivity index (χ3v) is 2.86. The topological polar surface area (TPSA) is 30.5 Å². The van der Waals surface area contributed by atoms with Crippen LogP contribution in [0.5, 0.6) is 0 Å². The summed E-state index contributed by atoms with van der Waals surface area (Å²) in [7, 11) is 0. The molecule has 0 aliphatic carbocycles. The van der Waals surface area contributed by atoms with Crippen LogP contribution in [0.3, 0.4) is 0 Å². The van der Waals surface area contributed by atoms with Crippen LogP contribution < -0.4 is 5.32 Å². The second-order valence-electron chi connectivity index (χ2n) is 3.69. The number of hydrogen-bond donors (Lipinski definition) is 1. The van der Waals surface area contributed by atoms with Crippen molar-refractivity contribution in [3.05, 3.63) is 64.6 Å². The maximum absolute atomic E-state index is 5.09. The Kier molecular flexibility index (Phi) is 5.20. The van der Waals surface area contributed by atoms with Crippen molar-refractivity contribution in [3.63, 3.8) is 0 Å². The van der Waals surface area contributed by atoms with Gasteiger partial charge in [-0.2, -0.15) is 0 Å². The van der Waals surface area contributed by atoms with Gasteiger partial charge in [-0.25, -0.2) is 9.78 Å². The Balaban J connectivity index is 1.63. The summed E-state index contributed by atoms with van der Waals surface area (Å²) in [6.45, 7) is 0.761. The van der Waals surface area contributed by atoms with E-state index in [-0.39, 0.29) is 0 Å². The number of hydrogen-bond acceptors (Lipinski definition) is 3. The van der Waals surface area contributed by atoms with Crippen molar-refractivity contribution in [2.45, 2.75) is 6.61 Å². The lowest BCUT2D eigenvalue weighted by Gasteiger charge is -2.07. The Hall–Kier alpha value is -1.36. The van der Waals surface area contributed by atoms with Gasteiger partial charge < -0.3 is 5.32 Å². The van der Waals surface area contributed by atoms with Crippen LogP contribution >= 0.6 is 15.9 Å². The van der Waals surface area contributed by atoms with E-state index >= 15 is 0 Å². The molecule has 0 saturated carbocycles. The molecule has 0 spiro atoms. The molecule has 0 heterocycles.